The molecule has 0 aliphatic heterocycles. The maximum absolute atomic E-state index is 9.16. The maximum Gasteiger partial charge on any atom is 0.141 e. The number of aromatic nitrogens is 2. The van der Waals surface area contributed by atoms with Crippen LogP contribution < -0.4 is 10.5 Å². The Balaban J connectivity index is 2.18. The lowest BCUT2D eigenvalue weighted by atomic mass is 10.1. The second-order valence-electron chi connectivity index (χ2n) is 5.52. The summed E-state index contributed by atoms with van der Waals surface area (Å²) < 4.78 is 7.29. The highest BCUT2D eigenvalue weighted by Gasteiger charge is 2.15. The van der Waals surface area contributed by atoms with Gasteiger partial charge in [0, 0.05) is 12.1 Å². The molecule has 0 fully saturated rings. The standard InChI is InChI=1S/C18H18N4O/c1-12(10-19)11-22-16-6-4-3-5-15(16)21-18(22)13-7-8-17(23-2)14(20)9-13/h3-9,12H,11,20H2,1-2H3. The molecule has 0 aliphatic rings. The van der Waals surface area contributed by atoms with Gasteiger partial charge < -0.3 is 15.0 Å². The summed E-state index contributed by atoms with van der Waals surface area (Å²) in [6.07, 6.45) is 0. The third kappa shape index (κ3) is 2.71. The van der Waals surface area contributed by atoms with Crippen molar-refractivity contribution >= 4 is 16.7 Å². The molecule has 2 aromatic carbocycles. The van der Waals surface area contributed by atoms with Crippen LogP contribution in [-0.2, 0) is 6.54 Å². The summed E-state index contributed by atoms with van der Waals surface area (Å²) in [7, 11) is 1.59. The number of nitrogens with two attached hydrogens (primary N) is 1. The number of benzene rings is 2. The maximum atomic E-state index is 9.16. The van der Waals surface area contributed by atoms with Crippen molar-refractivity contribution in [3.05, 3.63) is 42.5 Å². The second-order valence-corrected chi connectivity index (χ2v) is 5.52. The summed E-state index contributed by atoms with van der Waals surface area (Å²) in [4.78, 5) is 4.72. The number of ether oxygens (including phenoxy) is 1. The van der Waals surface area contributed by atoms with Crippen molar-refractivity contribution in [3.63, 3.8) is 0 Å². The number of nitrogen functional groups attached to an aromatic ring is 1. The highest BCUT2D eigenvalue weighted by molar-refractivity contribution is 5.81. The average molecular weight is 306 g/mol. The molecule has 1 unspecified atom stereocenters. The van der Waals surface area contributed by atoms with E-state index in [1.54, 1.807) is 7.11 Å². The number of para-hydroxylation sites is 2. The topological polar surface area (TPSA) is 76.9 Å². The minimum Gasteiger partial charge on any atom is -0.495 e. The van der Waals surface area contributed by atoms with E-state index in [-0.39, 0.29) is 5.92 Å². The number of nitrogens with zero attached hydrogens (tertiary/aromatic N) is 3. The van der Waals surface area contributed by atoms with Gasteiger partial charge in [-0.25, -0.2) is 4.98 Å². The van der Waals surface area contributed by atoms with Crippen LogP contribution in [0.2, 0.25) is 0 Å². The molecule has 5 heteroatoms. The first kappa shape index (κ1) is 14.9. The Morgan fingerprint density at radius 1 is 1.30 bits per heavy atom. The molecule has 0 amide bonds. The lowest BCUT2D eigenvalue weighted by molar-refractivity contribution is 0.417. The molecule has 0 spiro atoms. The zero-order chi connectivity index (χ0) is 16.4. The summed E-state index contributed by atoms with van der Waals surface area (Å²) in [5, 5.41) is 9.16. The van der Waals surface area contributed by atoms with Crippen LogP contribution in [0.3, 0.4) is 0 Å². The third-order valence-electron chi connectivity index (χ3n) is 3.82. The minimum atomic E-state index is -0.109. The van der Waals surface area contributed by atoms with Crippen LogP contribution >= 0.6 is 0 Å². The molecule has 0 bridgehead atoms. The van der Waals surface area contributed by atoms with Crippen LogP contribution in [0.1, 0.15) is 6.92 Å². The van der Waals surface area contributed by atoms with Gasteiger partial charge in [-0.15, -0.1) is 0 Å². The minimum absolute atomic E-state index is 0.109. The smallest absolute Gasteiger partial charge is 0.141 e. The highest BCUT2D eigenvalue weighted by atomic mass is 16.5. The monoisotopic (exact) mass is 306 g/mol. The van der Waals surface area contributed by atoms with Crippen molar-refractivity contribution in [2.75, 3.05) is 12.8 Å². The van der Waals surface area contributed by atoms with Crippen molar-refractivity contribution in [2.45, 2.75) is 13.5 Å². The fourth-order valence-electron chi connectivity index (χ4n) is 2.67. The van der Waals surface area contributed by atoms with E-state index >= 15 is 0 Å². The van der Waals surface area contributed by atoms with E-state index < -0.39 is 0 Å². The predicted molar refractivity (Wildman–Crippen MR) is 90.9 cm³/mol. The van der Waals surface area contributed by atoms with Gasteiger partial charge in [0.1, 0.15) is 11.6 Å². The fraction of sp³-hybridized carbons (Fsp3) is 0.222. The van der Waals surface area contributed by atoms with Gasteiger partial charge in [-0.1, -0.05) is 12.1 Å². The van der Waals surface area contributed by atoms with Crippen LogP contribution in [0.4, 0.5) is 5.69 Å². The van der Waals surface area contributed by atoms with Gasteiger partial charge in [-0.3, -0.25) is 0 Å². The summed E-state index contributed by atoms with van der Waals surface area (Å²) >= 11 is 0. The zero-order valence-electron chi connectivity index (χ0n) is 13.2. The normalized spacial score (nSPS) is 12.0. The predicted octanol–water partition coefficient (Wildman–Crippen LogP) is 3.45. The SMILES string of the molecule is COc1ccc(-c2nc3ccccc3n2CC(C)C#N)cc1N. The van der Waals surface area contributed by atoms with Gasteiger partial charge in [0.2, 0.25) is 0 Å². The lowest BCUT2D eigenvalue weighted by Crippen LogP contribution is -2.07. The van der Waals surface area contributed by atoms with Gasteiger partial charge in [-0.05, 0) is 37.3 Å². The Morgan fingerprint density at radius 3 is 2.78 bits per heavy atom. The second kappa shape index (κ2) is 6.01. The average Bonchev–Trinajstić information content (AvgIpc) is 2.93. The van der Waals surface area contributed by atoms with Crippen LogP contribution in [0.25, 0.3) is 22.4 Å². The molecule has 1 heterocycles. The van der Waals surface area contributed by atoms with E-state index in [0.717, 1.165) is 22.4 Å². The van der Waals surface area contributed by atoms with E-state index in [9.17, 15) is 0 Å². The molecule has 1 aromatic heterocycles. The van der Waals surface area contributed by atoms with Gasteiger partial charge >= 0.3 is 0 Å². The first-order valence-electron chi connectivity index (χ1n) is 7.42. The van der Waals surface area contributed by atoms with Crippen LogP contribution in [-0.4, -0.2) is 16.7 Å². The molecule has 0 radical (unpaired) electrons. The summed E-state index contributed by atoms with van der Waals surface area (Å²) in [5.74, 6) is 1.34. The molecule has 0 saturated heterocycles. The molecule has 5 nitrogen and oxygen atoms in total. The van der Waals surface area contributed by atoms with Crippen molar-refractivity contribution in [1.82, 2.24) is 9.55 Å². The third-order valence-corrected chi connectivity index (χ3v) is 3.82. The van der Waals surface area contributed by atoms with Gasteiger partial charge in [0.05, 0.1) is 35.8 Å². The number of nitriles is 1. The zero-order valence-corrected chi connectivity index (χ0v) is 13.2. The first-order valence-corrected chi connectivity index (χ1v) is 7.42. The fourth-order valence-corrected chi connectivity index (χ4v) is 2.67. The van der Waals surface area contributed by atoms with Crippen LogP contribution in [0, 0.1) is 17.2 Å². The van der Waals surface area contributed by atoms with Crippen molar-refractivity contribution < 1.29 is 4.74 Å². The number of imidazole rings is 1. The summed E-state index contributed by atoms with van der Waals surface area (Å²) in [6, 6.07) is 15.8. The lowest BCUT2D eigenvalue weighted by Gasteiger charge is -2.12. The van der Waals surface area contributed by atoms with E-state index in [1.165, 1.54) is 0 Å². The molecular formula is C18H18N4O. The van der Waals surface area contributed by atoms with Gasteiger partial charge in [0.25, 0.3) is 0 Å². The molecular weight excluding hydrogens is 288 g/mol. The Bertz CT molecular complexity index is 892. The molecule has 1 atom stereocenters. The number of methoxy groups -OCH3 is 1. The Kier molecular flexibility index (Phi) is 3.90. The van der Waals surface area contributed by atoms with E-state index in [2.05, 4.69) is 10.6 Å². The molecule has 3 aromatic rings. The highest BCUT2D eigenvalue weighted by Crippen LogP contribution is 2.30. The van der Waals surface area contributed by atoms with Crippen molar-refractivity contribution in [3.8, 4) is 23.2 Å². The molecule has 3 rings (SSSR count). The molecule has 0 saturated carbocycles. The Morgan fingerprint density at radius 2 is 2.09 bits per heavy atom. The van der Waals surface area contributed by atoms with Gasteiger partial charge in [-0.2, -0.15) is 5.26 Å². The first-order chi connectivity index (χ1) is 11.1. The van der Waals surface area contributed by atoms with Crippen molar-refractivity contribution in [1.29, 1.82) is 5.26 Å². The number of anilines is 1. The number of fused-ring (bicyclic) bond motifs is 1. The molecule has 2 N–H and O–H groups in total. The van der Waals surface area contributed by atoms with E-state index in [4.69, 9.17) is 20.7 Å². The number of rotatable bonds is 4. The quantitative estimate of drug-likeness (QED) is 0.749. The van der Waals surface area contributed by atoms with Crippen LogP contribution in [0.15, 0.2) is 42.5 Å². The van der Waals surface area contributed by atoms with Gasteiger partial charge in [0.15, 0.2) is 0 Å². The van der Waals surface area contributed by atoms with E-state index in [0.29, 0.717) is 18.0 Å². The molecule has 23 heavy (non-hydrogen) atoms. The van der Waals surface area contributed by atoms with Crippen molar-refractivity contribution in [2.24, 2.45) is 5.92 Å². The largest absolute Gasteiger partial charge is 0.495 e. The Hall–Kier alpha value is -3.00. The van der Waals surface area contributed by atoms with E-state index in [1.807, 2.05) is 49.4 Å². The molecule has 0 aliphatic carbocycles. The summed E-state index contributed by atoms with van der Waals surface area (Å²) in [6.45, 7) is 2.49. The Labute approximate surface area is 134 Å². The number of hydrogen-bond donors (Lipinski definition) is 1. The molecule has 116 valence electrons. The van der Waals surface area contributed by atoms with Crippen LogP contribution in [0.5, 0.6) is 5.75 Å². The number of hydrogen-bond acceptors (Lipinski definition) is 4. The summed E-state index contributed by atoms with van der Waals surface area (Å²) in [5.41, 5.74) is 9.42.